The van der Waals surface area contributed by atoms with Gasteiger partial charge >= 0.3 is 0 Å². The van der Waals surface area contributed by atoms with Crippen molar-refractivity contribution in [1.82, 2.24) is 15.1 Å². The predicted molar refractivity (Wildman–Crippen MR) is 65.4 cm³/mol. The Balaban J connectivity index is 1.76. The van der Waals surface area contributed by atoms with E-state index in [0.29, 0.717) is 6.04 Å². The van der Waals surface area contributed by atoms with E-state index in [1.54, 1.807) is 0 Å². The normalized spacial score (nSPS) is 21.8. The third-order valence-corrected chi connectivity index (χ3v) is 3.49. The van der Waals surface area contributed by atoms with Crippen molar-refractivity contribution in [2.75, 3.05) is 19.6 Å². The molecule has 1 aliphatic heterocycles. The third kappa shape index (κ3) is 2.62. The van der Waals surface area contributed by atoms with E-state index in [1.165, 1.54) is 24.2 Å². The van der Waals surface area contributed by atoms with Crippen LogP contribution in [0.5, 0.6) is 0 Å². The Kier molecular flexibility index (Phi) is 3.61. The molecule has 4 nitrogen and oxygen atoms in total. The van der Waals surface area contributed by atoms with Gasteiger partial charge in [0.05, 0.1) is 5.69 Å². The van der Waals surface area contributed by atoms with E-state index in [1.807, 2.05) is 0 Å². The Morgan fingerprint density at radius 2 is 2.31 bits per heavy atom. The van der Waals surface area contributed by atoms with Crippen molar-refractivity contribution >= 4 is 0 Å². The lowest BCUT2D eigenvalue weighted by Crippen LogP contribution is -2.27. The number of hydrogen-bond donors (Lipinski definition) is 2. The molecule has 0 saturated carbocycles. The topological polar surface area (TPSA) is 57.9 Å². The first kappa shape index (κ1) is 11.6. The minimum atomic E-state index is 0.400. The molecule has 16 heavy (non-hydrogen) atoms. The van der Waals surface area contributed by atoms with Crippen LogP contribution in [0.15, 0.2) is 0 Å². The number of aromatic amines is 1. The molecule has 0 unspecified atom stereocenters. The highest BCUT2D eigenvalue weighted by Crippen LogP contribution is 2.13. The number of nitrogens with two attached hydrogens (primary N) is 1. The summed E-state index contributed by atoms with van der Waals surface area (Å²) in [7, 11) is 0. The summed E-state index contributed by atoms with van der Waals surface area (Å²) in [5.74, 6) is 0. The molecule has 0 radical (unpaired) electrons. The van der Waals surface area contributed by atoms with E-state index in [0.717, 1.165) is 31.6 Å². The quantitative estimate of drug-likeness (QED) is 0.799. The minimum Gasteiger partial charge on any atom is -0.326 e. The second-order valence-corrected chi connectivity index (χ2v) is 4.87. The highest BCUT2D eigenvalue weighted by atomic mass is 15.2. The van der Waals surface area contributed by atoms with Crippen LogP contribution in [0, 0.1) is 13.8 Å². The van der Waals surface area contributed by atoms with Crippen molar-refractivity contribution in [3.05, 3.63) is 17.0 Å². The number of aromatic nitrogens is 2. The van der Waals surface area contributed by atoms with Gasteiger partial charge in [-0.15, -0.1) is 0 Å². The van der Waals surface area contributed by atoms with Crippen LogP contribution in [0.1, 0.15) is 29.8 Å². The van der Waals surface area contributed by atoms with Crippen LogP contribution in [0.4, 0.5) is 0 Å². The first-order valence-corrected chi connectivity index (χ1v) is 6.15. The number of hydrogen-bond acceptors (Lipinski definition) is 3. The van der Waals surface area contributed by atoms with E-state index >= 15 is 0 Å². The average molecular weight is 222 g/mol. The van der Waals surface area contributed by atoms with Gasteiger partial charge in [0.2, 0.25) is 0 Å². The second-order valence-electron chi connectivity index (χ2n) is 4.87. The summed E-state index contributed by atoms with van der Waals surface area (Å²) >= 11 is 0. The summed E-state index contributed by atoms with van der Waals surface area (Å²) < 4.78 is 0. The zero-order valence-electron chi connectivity index (χ0n) is 10.3. The molecule has 0 aliphatic carbocycles. The van der Waals surface area contributed by atoms with E-state index in [-0.39, 0.29) is 0 Å². The predicted octanol–water partition coefficient (Wildman–Crippen LogP) is 0.992. The average Bonchev–Trinajstić information content (AvgIpc) is 2.78. The van der Waals surface area contributed by atoms with Crippen LogP contribution in [0.3, 0.4) is 0 Å². The summed E-state index contributed by atoms with van der Waals surface area (Å²) in [4.78, 5) is 2.47. The number of H-pyrrole nitrogens is 1. The molecule has 1 aromatic heterocycles. The highest BCUT2D eigenvalue weighted by Gasteiger charge is 2.18. The number of nitrogens with one attached hydrogen (secondary N) is 1. The molecule has 1 atom stereocenters. The van der Waals surface area contributed by atoms with Gasteiger partial charge < -0.3 is 10.6 Å². The lowest BCUT2D eigenvalue weighted by atomic mass is 10.1. The van der Waals surface area contributed by atoms with Gasteiger partial charge in [-0.2, -0.15) is 5.10 Å². The van der Waals surface area contributed by atoms with Gasteiger partial charge in [-0.25, -0.2) is 0 Å². The molecule has 90 valence electrons. The molecule has 1 aliphatic rings. The molecular weight excluding hydrogens is 200 g/mol. The molecule has 0 spiro atoms. The van der Waals surface area contributed by atoms with Crippen molar-refractivity contribution in [2.45, 2.75) is 39.2 Å². The first-order chi connectivity index (χ1) is 7.66. The number of likely N-dealkylation sites (tertiary alicyclic amines) is 1. The maximum Gasteiger partial charge on any atom is 0.0625 e. The maximum atomic E-state index is 5.88. The summed E-state index contributed by atoms with van der Waals surface area (Å²) in [6.07, 6.45) is 3.48. The molecule has 4 heteroatoms. The van der Waals surface area contributed by atoms with Crippen LogP contribution in [-0.4, -0.2) is 40.8 Å². The smallest absolute Gasteiger partial charge is 0.0625 e. The lowest BCUT2D eigenvalue weighted by molar-refractivity contribution is 0.329. The molecule has 0 amide bonds. The Labute approximate surface area is 97.2 Å². The Morgan fingerprint density at radius 1 is 1.50 bits per heavy atom. The van der Waals surface area contributed by atoms with Crippen LogP contribution in [-0.2, 0) is 6.42 Å². The molecule has 0 aromatic carbocycles. The summed E-state index contributed by atoms with van der Waals surface area (Å²) in [6, 6.07) is 0.400. The number of aryl methyl sites for hydroxylation is 2. The fraction of sp³-hybridized carbons (Fsp3) is 0.750. The number of nitrogens with zero attached hydrogens (tertiary/aromatic N) is 2. The Hall–Kier alpha value is -0.870. The molecule has 1 fully saturated rings. The fourth-order valence-electron chi connectivity index (χ4n) is 2.49. The third-order valence-electron chi connectivity index (χ3n) is 3.49. The summed E-state index contributed by atoms with van der Waals surface area (Å²) in [5.41, 5.74) is 9.64. The van der Waals surface area contributed by atoms with Gasteiger partial charge in [-0.1, -0.05) is 0 Å². The van der Waals surface area contributed by atoms with E-state index < -0.39 is 0 Å². The molecule has 2 heterocycles. The fourth-order valence-corrected chi connectivity index (χ4v) is 2.49. The highest BCUT2D eigenvalue weighted by molar-refractivity contribution is 5.23. The lowest BCUT2D eigenvalue weighted by Gasteiger charge is -2.14. The van der Waals surface area contributed by atoms with E-state index in [9.17, 15) is 0 Å². The maximum absolute atomic E-state index is 5.88. The monoisotopic (exact) mass is 222 g/mol. The van der Waals surface area contributed by atoms with Gasteiger partial charge in [-0.3, -0.25) is 5.10 Å². The number of rotatable bonds is 4. The molecule has 1 aromatic rings. The molecule has 1 saturated heterocycles. The van der Waals surface area contributed by atoms with Crippen molar-refractivity contribution in [2.24, 2.45) is 5.73 Å². The van der Waals surface area contributed by atoms with Crippen molar-refractivity contribution < 1.29 is 0 Å². The summed E-state index contributed by atoms with van der Waals surface area (Å²) in [6.45, 7) is 7.58. The second kappa shape index (κ2) is 4.97. The van der Waals surface area contributed by atoms with Gasteiger partial charge in [0.1, 0.15) is 0 Å². The first-order valence-electron chi connectivity index (χ1n) is 6.15. The van der Waals surface area contributed by atoms with Gasteiger partial charge in [0.25, 0.3) is 0 Å². The van der Waals surface area contributed by atoms with Gasteiger partial charge in [0.15, 0.2) is 0 Å². The van der Waals surface area contributed by atoms with Crippen LogP contribution in [0.2, 0.25) is 0 Å². The van der Waals surface area contributed by atoms with Crippen molar-refractivity contribution in [3.8, 4) is 0 Å². The van der Waals surface area contributed by atoms with Gasteiger partial charge in [-0.05, 0) is 51.8 Å². The van der Waals surface area contributed by atoms with Crippen molar-refractivity contribution in [1.29, 1.82) is 0 Å². The van der Waals surface area contributed by atoms with Crippen LogP contribution >= 0.6 is 0 Å². The minimum absolute atomic E-state index is 0.400. The van der Waals surface area contributed by atoms with Crippen LogP contribution < -0.4 is 5.73 Å². The van der Waals surface area contributed by atoms with Crippen LogP contribution in [0.25, 0.3) is 0 Å². The Bertz CT molecular complexity index is 325. The molecular formula is C12H22N4. The molecule has 3 N–H and O–H groups in total. The summed E-state index contributed by atoms with van der Waals surface area (Å²) in [5, 5.41) is 7.26. The van der Waals surface area contributed by atoms with Crippen molar-refractivity contribution in [3.63, 3.8) is 0 Å². The molecule has 0 bridgehead atoms. The SMILES string of the molecule is Cc1n[nH]c(C)c1CCCN1CC[C@H](N)C1. The van der Waals surface area contributed by atoms with E-state index in [4.69, 9.17) is 5.73 Å². The van der Waals surface area contributed by atoms with Gasteiger partial charge in [0, 0.05) is 18.3 Å². The zero-order chi connectivity index (χ0) is 11.5. The standard InChI is InChI=1S/C12H22N4/c1-9-12(10(2)15-14-9)4-3-6-16-7-5-11(13)8-16/h11H,3-8,13H2,1-2H3,(H,14,15)/t11-/m0/s1. The zero-order valence-corrected chi connectivity index (χ0v) is 10.3. The van der Waals surface area contributed by atoms with E-state index in [2.05, 4.69) is 28.9 Å². The molecule has 2 rings (SSSR count). The largest absolute Gasteiger partial charge is 0.326 e. The Morgan fingerprint density at radius 3 is 2.88 bits per heavy atom.